The number of hydrogen-bond donors (Lipinski definition) is 5. The van der Waals surface area contributed by atoms with E-state index in [1.807, 2.05) is 0 Å². The molecule has 0 aromatic heterocycles. The van der Waals surface area contributed by atoms with Gasteiger partial charge in [-0.1, -0.05) is 6.92 Å². The Labute approximate surface area is 139 Å². The molecule has 6 N–H and O–H groups in total. The van der Waals surface area contributed by atoms with E-state index in [0.29, 0.717) is 6.04 Å². The average molecular weight is 351 g/mol. The van der Waals surface area contributed by atoms with Crippen LogP contribution in [0.4, 0.5) is 0 Å². The first kappa shape index (κ1) is 24.0. The van der Waals surface area contributed by atoms with Gasteiger partial charge in [0.1, 0.15) is 0 Å². The first-order chi connectivity index (χ1) is 11.0. The largest absolute Gasteiger partial charge is 0.473 e. The van der Waals surface area contributed by atoms with Crippen molar-refractivity contribution in [1.82, 2.24) is 9.80 Å². The number of likely N-dealkylation sites (N-methyl/N-ethyl adjacent to an activating group) is 1. The van der Waals surface area contributed by atoms with E-state index in [2.05, 4.69) is 23.8 Å². The van der Waals surface area contributed by atoms with Gasteiger partial charge in [-0.25, -0.2) is 19.2 Å². The Hall–Kier alpha value is -2.24. The van der Waals surface area contributed by atoms with Gasteiger partial charge in [-0.05, 0) is 13.5 Å². The highest BCUT2D eigenvalue weighted by molar-refractivity contribution is 6.27. The minimum atomic E-state index is -1.82. The number of piperazine rings is 1. The minimum Gasteiger partial charge on any atom is -0.473 e. The quantitative estimate of drug-likeness (QED) is 0.365. The molecule has 0 aliphatic carbocycles. The van der Waals surface area contributed by atoms with Gasteiger partial charge in [-0.3, -0.25) is 4.90 Å². The summed E-state index contributed by atoms with van der Waals surface area (Å²) < 4.78 is 0. The molecule has 1 heterocycles. The van der Waals surface area contributed by atoms with Crippen LogP contribution in [0.3, 0.4) is 0 Å². The zero-order valence-corrected chi connectivity index (χ0v) is 13.7. The fourth-order valence-electron chi connectivity index (χ4n) is 1.49. The van der Waals surface area contributed by atoms with Crippen LogP contribution in [0.1, 0.15) is 13.3 Å². The van der Waals surface area contributed by atoms with Crippen molar-refractivity contribution in [3.05, 3.63) is 0 Å². The summed E-state index contributed by atoms with van der Waals surface area (Å²) in [5.74, 6) is -7.30. The third-order valence-corrected chi connectivity index (χ3v) is 2.98. The van der Waals surface area contributed by atoms with E-state index >= 15 is 0 Å². The Kier molecular flexibility index (Phi) is 13.2. The second-order valence-corrected chi connectivity index (χ2v) is 4.99. The van der Waals surface area contributed by atoms with Gasteiger partial charge in [0.05, 0.1) is 0 Å². The standard InChI is InChI=1S/C9H21N3.2C2H2O4/c1-3-9(10)8-12-6-4-11(2)5-7-12;2*3-1(4)2(5)6/h9H,3-8,10H2,1-2H3;2*(H,3,4)(H,5,6). The second-order valence-electron chi connectivity index (χ2n) is 4.99. The van der Waals surface area contributed by atoms with Gasteiger partial charge < -0.3 is 31.1 Å². The molecule has 1 aliphatic rings. The summed E-state index contributed by atoms with van der Waals surface area (Å²) in [6, 6.07) is 0.369. The molecule has 0 bridgehead atoms. The van der Waals surface area contributed by atoms with Crippen molar-refractivity contribution in [1.29, 1.82) is 0 Å². The average Bonchev–Trinajstić information content (AvgIpc) is 2.50. The third-order valence-electron chi connectivity index (χ3n) is 2.98. The van der Waals surface area contributed by atoms with Crippen molar-refractivity contribution >= 4 is 23.9 Å². The van der Waals surface area contributed by atoms with Gasteiger partial charge in [0.2, 0.25) is 0 Å². The lowest BCUT2D eigenvalue weighted by molar-refractivity contribution is -0.159. The fraction of sp³-hybridized carbons (Fsp3) is 0.692. The molecule has 11 nitrogen and oxygen atoms in total. The van der Waals surface area contributed by atoms with Crippen LogP contribution in [0.15, 0.2) is 0 Å². The smallest absolute Gasteiger partial charge is 0.414 e. The molecular formula is C13H25N3O8. The molecule has 0 amide bonds. The van der Waals surface area contributed by atoms with Crippen LogP contribution < -0.4 is 5.73 Å². The van der Waals surface area contributed by atoms with Crippen molar-refractivity contribution in [2.45, 2.75) is 19.4 Å². The predicted molar refractivity (Wildman–Crippen MR) is 82.7 cm³/mol. The maximum atomic E-state index is 9.10. The van der Waals surface area contributed by atoms with Crippen molar-refractivity contribution < 1.29 is 39.6 Å². The molecule has 1 atom stereocenters. The molecule has 0 saturated carbocycles. The van der Waals surface area contributed by atoms with Crippen LogP contribution in [0.25, 0.3) is 0 Å². The highest BCUT2D eigenvalue weighted by Gasteiger charge is 2.14. The predicted octanol–water partition coefficient (Wildman–Crippen LogP) is -1.72. The van der Waals surface area contributed by atoms with E-state index in [1.165, 1.54) is 26.2 Å². The summed E-state index contributed by atoms with van der Waals surface area (Å²) >= 11 is 0. The van der Waals surface area contributed by atoms with E-state index in [0.717, 1.165) is 13.0 Å². The van der Waals surface area contributed by atoms with Crippen molar-refractivity contribution in [3.8, 4) is 0 Å². The lowest BCUT2D eigenvalue weighted by Gasteiger charge is -2.33. The lowest BCUT2D eigenvalue weighted by Crippen LogP contribution is -2.48. The number of aliphatic carboxylic acids is 4. The molecule has 1 unspecified atom stereocenters. The molecule has 0 aromatic rings. The van der Waals surface area contributed by atoms with Crippen molar-refractivity contribution in [3.63, 3.8) is 0 Å². The summed E-state index contributed by atoms with van der Waals surface area (Å²) in [6.07, 6.45) is 1.09. The molecule has 0 spiro atoms. The van der Waals surface area contributed by atoms with Crippen LogP contribution in [-0.2, 0) is 19.2 Å². The first-order valence-electron chi connectivity index (χ1n) is 7.10. The van der Waals surface area contributed by atoms with Gasteiger partial charge in [-0.15, -0.1) is 0 Å². The van der Waals surface area contributed by atoms with Gasteiger partial charge >= 0.3 is 23.9 Å². The SMILES string of the molecule is CCC(N)CN1CCN(C)CC1.O=C(O)C(=O)O.O=C(O)C(=O)O. The number of carboxylic acids is 4. The minimum absolute atomic E-state index is 0.369. The highest BCUT2D eigenvalue weighted by Crippen LogP contribution is 2.00. The van der Waals surface area contributed by atoms with Gasteiger partial charge in [0.25, 0.3) is 0 Å². The molecule has 0 aromatic carbocycles. The fourth-order valence-corrected chi connectivity index (χ4v) is 1.49. The molecule has 1 saturated heterocycles. The molecule has 1 rings (SSSR count). The molecule has 11 heteroatoms. The number of hydrogen-bond acceptors (Lipinski definition) is 7. The van der Waals surface area contributed by atoms with E-state index < -0.39 is 23.9 Å². The lowest BCUT2D eigenvalue weighted by atomic mass is 10.2. The van der Waals surface area contributed by atoms with Crippen LogP contribution in [-0.4, -0.2) is 99.9 Å². The maximum Gasteiger partial charge on any atom is 0.414 e. The maximum absolute atomic E-state index is 9.10. The van der Waals surface area contributed by atoms with Crippen LogP contribution in [0.5, 0.6) is 0 Å². The Balaban J connectivity index is 0. The zero-order chi connectivity index (χ0) is 19.3. The summed E-state index contributed by atoms with van der Waals surface area (Å²) in [6.45, 7) is 7.98. The van der Waals surface area contributed by atoms with Crippen LogP contribution >= 0.6 is 0 Å². The Morgan fingerprint density at radius 3 is 1.46 bits per heavy atom. The number of carbonyl (C=O) groups is 4. The van der Waals surface area contributed by atoms with Gasteiger partial charge in [-0.2, -0.15) is 0 Å². The van der Waals surface area contributed by atoms with Gasteiger partial charge in [0.15, 0.2) is 0 Å². The summed E-state index contributed by atoms with van der Waals surface area (Å²) in [5.41, 5.74) is 5.88. The summed E-state index contributed by atoms with van der Waals surface area (Å²) in [5, 5.41) is 29.6. The van der Waals surface area contributed by atoms with E-state index in [1.54, 1.807) is 0 Å². The summed E-state index contributed by atoms with van der Waals surface area (Å²) in [4.78, 5) is 41.2. The first-order valence-corrected chi connectivity index (χ1v) is 7.10. The Morgan fingerprint density at radius 1 is 0.875 bits per heavy atom. The van der Waals surface area contributed by atoms with E-state index in [-0.39, 0.29) is 0 Å². The molecular weight excluding hydrogens is 326 g/mol. The molecule has 0 radical (unpaired) electrons. The number of rotatable bonds is 3. The molecule has 24 heavy (non-hydrogen) atoms. The Morgan fingerprint density at radius 2 is 1.21 bits per heavy atom. The number of carboxylic acid groups (broad SMARTS) is 4. The molecule has 1 fully saturated rings. The monoisotopic (exact) mass is 351 g/mol. The number of nitrogens with two attached hydrogens (primary N) is 1. The van der Waals surface area contributed by atoms with Crippen molar-refractivity contribution in [2.24, 2.45) is 5.73 Å². The zero-order valence-electron chi connectivity index (χ0n) is 13.7. The summed E-state index contributed by atoms with van der Waals surface area (Å²) in [7, 11) is 2.18. The topological polar surface area (TPSA) is 182 Å². The number of nitrogens with zero attached hydrogens (tertiary/aromatic N) is 2. The van der Waals surface area contributed by atoms with Crippen molar-refractivity contribution in [2.75, 3.05) is 39.8 Å². The van der Waals surface area contributed by atoms with E-state index in [9.17, 15) is 0 Å². The highest BCUT2D eigenvalue weighted by atomic mass is 16.4. The second kappa shape index (κ2) is 13.2. The van der Waals surface area contributed by atoms with Crippen LogP contribution in [0, 0.1) is 0 Å². The van der Waals surface area contributed by atoms with E-state index in [4.69, 9.17) is 45.3 Å². The van der Waals surface area contributed by atoms with Crippen LogP contribution in [0.2, 0.25) is 0 Å². The normalized spacial score (nSPS) is 15.8. The Bertz CT molecular complexity index is 373. The third kappa shape index (κ3) is 14.7. The van der Waals surface area contributed by atoms with Gasteiger partial charge in [0, 0.05) is 38.8 Å². The molecule has 140 valence electrons. The molecule has 1 aliphatic heterocycles.